The first-order valence-electron chi connectivity index (χ1n) is 8.46. The number of rotatable bonds is 5. The van der Waals surface area contributed by atoms with E-state index in [4.69, 9.17) is 5.73 Å². The highest BCUT2D eigenvalue weighted by Crippen LogP contribution is 2.55. The van der Waals surface area contributed by atoms with Crippen molar-refractivity contribution < 1.29 is 17.0 Å². The highest BCUT2D eigenvalue weighted by molar-refractivity contribution is 7.95. The summed E-state index contributed by atoms with van der Waals surface area (Å²) in [4.78, 5) is 0. The highest BCUT2D eigenvalue weighted by Gasteiger charge is 2.45. The van der Waals surface area contributed by atoms with Crippen LogP contribution in [0.3, 0.4) is 0 Å². The summed E-state index contributed by atoms with van der Waals surface area (Å²) in [6, 6.07) is 28.6. The Morgan fingerprint density at radius 3 is 1.72 bits per heavy atom. The lowest BCUT2D eigenvalue weighted by Crippen LogP contribution is -3.00. The minimum atomic E-state index is -1.74. The van der Waals surface area contributed by atoms with Gasteiger partial charge in [-0.2, -0.15) is 0 Å². The largest absolute Gasteiger partial charge is 1.00 e. The monoisotopic (exact) mass is 413 g/mol. The molecule has 0 amide bonds. The Morgan fingerprint density at radius 1 is 0.720 bits per heavy atom. The van der Waals surface area contributed by atoms with Crippen LogP contribution in [0, 0.1) is 13.8 Å². The minimum Gasteiger partial charge on any atom is -1.00 e. The molecule has 0 atom stereocenters. The topological polar surface area (TPSA) is 26.0 Å². The van der Waals surface area contributed by atoms with E-state index in [0.29, 0.717) is 6.54 Å². The zero-order chi connectivity index (χ0) is 17.0. The van der Waals surface area contributed by atoms with Crippen molar-refractivity contribution in [1.29, 1.82) is 0 Å². The van der Waals surface area contributed by atoms with Gasteiger partial charge in [0.05, 0.1) is 6.16 Å². The van der Waals surface area contributed by atoms with Crippen LogP contribution in [-0.4, -0.2) is 12.7 Å². The van der Waals surface area contributed by atoms with Gasteiger partial charge in [0.1, 0.15) is 23.2 Å². The van der Waals surface area contributed by atoms with Crippen LogP contribution in [0.2, 0.25) is 0 Å². The smallest absolute Gasteiger partial charge is 0.113 e. The Balaban J connectivity index is 0.00000225. The molecule has 3 aromatic rings. The van der Waals surface area contributed by atoms with Crippen LogP contribution in [0.5, 0.6) is 0 Å². The highest BCUT2D eigenvalue weighted by atomic mass is 79.9. The molecular weight excluding hydrogens is 389 g/mol. The van der Waals surface area contributed by atoms with Crippen molar-refractivity contribution in [2.75, 3.05) is 12.7 Å². The van der Waals surface area contributed by atoms with Crippen LogP contribution < -0.4 is 38.6 Å². The van der Waals surface area contributed by atoms with Crippen LogP contribution in [0.1, 0.15) is 11.1 Å². The Bertz CT molecular complexity index is 763. The van der Waals surface area contributed by atoms with E-state index in [1.807, 2.05) is 0 Å². The molecule has 0 fully saturated rings. The third-order valence-electron chi connectivity index (χ3n) is 4.85. The summed E-state index contributed by atoms with van der Waals surface area (Å²) in [6.45, 7) is 5.14. The van der Waals surface area contributed by atoms with Crippen LogP contribution >= 0.6 is 7.26 Å². The second-order valence-corrected chi connectivity index (χ2v) is 9.79. The molecule has 0 aliphatic rings. The molecular formula is C22H25BrNP. The molecule has 130 valence electrons. The van der Waals surface area contributed by atoms with Crippen LogP contribution in [0.4, 0.5) is 0 Å². The maximum atomic E-state index is 6.14. The van der Waals surface area contributed by atoms with Crippen molar-refractivity contribution in [3.63, 3.8) is 0 Å². The van der Waals surface area contributed by atoms with E-state index >= 15 is 0 Å². The second kappa shape index (κ2) is 8.76. The molecule has 0 aliphatic heterocycles. The summed E-state index contributed by atoms with van der Waals surface area (Å²) in [5.41, 5.74) is 8.89. The van der Waals surface area contributed by atoms with E-state index in [1.54, 1.807) is 0 Å². The molecule has 2 N–H and O–H groups in total. The molecule has 0 aliphatic carbocycles. The van der Waals surface area contributed by atoms with Crippen molar-refractivity contribution in [3.05, 3.63) is 90.0 Å². The maximum absolute atomic E-state index is 6.14. The number of hydrogen-bond donors (Lipinski definition) is 1. The van der Waals surface area contributed by atoms with Crippen molar-refractivity contribution in [3.8, 4) is 0 Å². The average molecular weight is 414 g/mol. The fourth-order valence-electron chi connectivity index (χ4n) is 3.51. The fourth-order valence-corrected chi connectivity index (χ4v) is 7.96. The summed E-state index contributed by atoms with van der Waals surface area (Å²) >= 11 is 0. The molecule has 0 spiro atoms. The molecule has 0 saturated heterocycles. The van der Waals surface area contributed by atoms with Gasteiger partial charge in [0.25, 0.3) is 0 Å². The molecule has 3 rings (SSSR count). The molecule has 0 aromatic heterocycles. The number of hydrogen-bond acceptors (Lipinski definition) is 1. The summed E-state index contributed by atoms with van der Waals surface area (Å²) < 4.78 is 0. The van der Waals surface area contributed by atoms with E-state index in [2.05, 4.69) is 92.7 Å². The molecule has 0 bridgehead atoms. The number of benzene rings is 3. The number of halogens is 1. The van der Waals surface area contributed by atoms with Crippen molar-refractivity contribution >= 4 is 23.2 Å². The molecule has 3 aromatic carbocycles. The fraction of sp³-hybridized carbons (Fsp3) is 0.182. The first-order chi connectivity index (χ1) is 11.7. The third kappa shape index (κ3) is 3.72. The van der Waals surface area contributed by atoms with Crippen molar-refractivity contribution in [2.45, 2.75) is 13.8 Å². The van der Waals surface area contributed by atoms with Gasteiger partial charge >= 0.3 is 0 Å². The van der Waals surface area contributed by atoms with E-state index in [-0.39, 0.29) is 17.0 Å². The Hall–Kier alpha value is -1.47. The molecule has 1 nitrogen and oxygen atoms in total. The van der Waals surface area contributed by atoms with Crippen molar-refractivity contribution in [1.82, 2.24) is 0 Å². The maximum Gasteiger partial charge on any atom is 0.113 e. The van der Waals surface area contributed by atoms with Gasteiger partial charge in [0.2, 0.25) is 0 Å². The standard InChI is InChI=1S/C22H25NP.BrH/c1-18-10-9-15-22(19(18)2)24(17-16-23,20-11-5-3-6-12-20)21-13-7-4-8-14-21;/h3-15H,16-17,23H2,1-2H3;1H/q+1;/p-1. The predicted octanol–water partition coefficient (Wildman–Crippen LogP) is 0.560. The lowest BCUT2D eigenvalue weighted by atomic mass is 10.1. The molecule has 0 radical (unpaired) electrons. The quantitative estimate of drug-likeness (QED) is 0.607. The second-order valence-electron chi connectivity index (χ2n) is 6.21. The summed E-state index contributed by atoms with van der Waals surface area (Å²) in [7, 11) is -1.74. The lowest BCUT2D eigenvalue weighted by molar-refractivity contribution is -0.00000492. The van der Waals surface area contributed by atoms with E-state index < -0.39 is 7.26 Å². The molecule has 0 saturated carbocycles. The van der Waals surface area contributed by atoms with E-state index in [1.165, 1.54) is 27.0 Å². The van der Waals surface area contributed by atoms with Crippen LogP contribution in [0.15, 0.2) is 78.9 Å². The van der Waals surface area contributed by atoms with E-state index in [9.17, 15) is 0 Å². The Morgan fingerprint density at radius 2 is 1.24 bits per heavy atom. The van der Waals surface area contributed by atoms with E-state index in [0.717, 1.165) is 6.16 Å². The lowest BCUT2D eigenvalue weighted by Gasteiger charge is -2.29. The average Bonchev–Trinajstić information content (AvgIpc) is 2.64. The zero-order valence-electron chi connectivity index (χ0n) is 14.8. The Labute approximate surface area is 162 Å². The first-order valence-corrected chi connectivity index (χ1v) is 10.4. The SMILES string of the molecule is Cc1cccc([P+](CCN)(c2ccccc2)c2ccccc2)c1C.[Br-]. The van der Waals surface area contributed by atoms with Gasteiger partial charge in [0.15, 0.2) is 0 Å². The molecule has 25 heavy (non-hydrogen) atoms. The number of nitrogens with two attached hydrogens (primary N) is 1. The van der Waals surface area contributed by atoms with Crippen LogP contribution in [0.25, 0.3) is 0 Å². The van der Waals surface area contributed by atoms with Gasteiger partial charge in [-0.25, -0.2) is 0 Å². The van der Waals surface area contributed by atoms with Crippen molar-refractivity contribution in [2.24, 2.45) is 5.73 Å². The molecule has 3 heteroatoms. The van der Waals surface area contributed by atoms with Gasteiger partial charge in [0, 0.05) is 6.54 Å². The third-order valence-corrected chi connectivity index (χ3v) is 9.44. The van der Waals surface area contributed by atoms with Gasteiger partial charge in [-0.3, -0.25) is 0 Å². The molecule has 0 heterocycles. The van der Waals surface area contributed by atoms with Gasteiger partial charge in [-0.05, 0) is 55.3 Å². The zero-order valence-corrected chi connectivity index (χ0v) is 17.3. The summed E-state index contributed by atoms with van der Waals surface area (Å²) in [5.74, 6) is 0. The van der Waals surface area contributed by atoms with Gasteiger partial charge < -0.3 is 22.7 Å². The van der Waals surface area contributed by atoms with Crippen LogP contribution in [-0.2, 0) is 0 Å². The normalized spacial score (nSPS) is 11.0. The first kappa shape index (κ1) is 19.8. The minimum absolute atomic E-state index is 0. The van der Waals surface area contributed by atoms with Gasteiger partial charge in [-0.15, -0.1) is 0 Å². The van der Waals surface area contributed by atoms with Gasteiger partial charge in [-0.1, -0.05) is 48.5 Å². The molecule has 0 unspecified atom stereocenters. The Kier molecular flexibility index (Phi) is 6.95. The summed E-state index contributed by atoms with van der Waals surface area (Å²) in [6.07, 6.45) is 0.991. The summed E-state index contributed by atoms with van der Waals surface area (Å²) in [5, 5.41) is 4.29. The predicted molar refractivity (Wildman–Crippen MR) is 109 cm³/mol. The number of aryl methyl sites for hydroxylation is 1.